The van der Waals surface area contributed by atoms with Crippen LogP contribution in [-0.4, -0.2) is 63.0 Å². The molecule has 0 N–H and O–H groups in total. The fourth-order valence-electron chi connectivity index (χ4n) is 3.50. The number of amides is 1. The van der Waals surface area contributed by atoms with Crippen molar-refractivity contribution in [1.82, 2.24) is 24.6 Å². The van der Waals surface area contributed by atoms with E-state index in [4.69, 9.17) is 16.3 Å². The number of aromatic nitrogens is 4. The van der Waals surface area contributed by atoms with Gasteiger partial charge in [-0.3, -0.25) is 19.4 Å². The second kappa shape index (κ2) is 8.80. The molecule has 0 unspecified atom stereocenters. The number of hydrogen-bond acceptors (Lipinski definition) is 5. The van der Waals surface area contributed by atoms with Crippen molar-refractivity contribution in [1.29, 1.82) is 0 Å². The third-order valence-electron chi connectivity index (χ3n) is 4.90. The first-order valence-corrected chi connectivity index (χ1v) is 10.1. The van der Waals surface area contributed by atoms with Crippen LogP contribution in [0, 0.1) is 0 Å². The Morgan fingerprint density at radius 1 is 1.19 bits per heavy atom. The number of halogens is 4. The van der Waals surface area contributed by atoms with Crippen molar-refractivity contribution in [3.63, 3.8) is 0 Å². The molecule has 3 aromatic rings. The average Bonchev–Trinajstić information content (AvgIpc) is 2.89. The topological polar surface area (TPSA) is 73.1 Å². The first-order valence-electron chi connectivity index (χ1n) is 9.70. The van der Waals surface area contributed by atoms with Crippen LogP contribution in [0.15, 0.2) is 30.6 Å². The molecule has 0 saturated carbocycles. The number of carbonyl (C=O) groups is 1. The number of ether oxygens (including phenoxy) is 1. The molecule has 0 aromatic carbocycles. The van der Waals surface area contributed by atoms with Gasteiger partial charge >= 0.3 is 6.18 Å². The van der Waals surface area contributed by atoms with Crippen molar-refractivity contribution in [2.75, 3.05) is 26.3 Å². The quantitative estimate of drug-likeness (QED) is 0.604. The summed E-state index contributed by atoms with van der Waals surface area (Å²) in [5, 5.41) is 5.06. The van der Waals surface area contributed by atoms with Crippen LogP contribution < -0.4 is 0 Å². The van der Waals surface area contributed by atoms with E-state index in [1.807, 2.05) is 0 Å². The lowest BCUT2D eigenvalue weighted by atomic mass is 10.1. The summed E-state index contributed by atoms with van der Waals surface area (Å²) in [6.45, 7) is 0.617. The van der Waals surface area contributed by atoms with Crippen molar-refractivity contribution < 1.29 is 22.7 Å². The first-order chi connectivity index (χ1) is 14.8. The molecule has 3 aromatic heterocycles. The van der Waals surface area contributed by atoms with Gasteiger partial charge in [0.25, 0.3) is 5.91 Å². The van der Waals surface area contributed by atoms with Gasteiger partial charge in [-0.25, -0.2) is 0 Å². The molecule has 1 aliphatic rings. The molecule has 1 saturated heterocycles. The van der Waals surface area contributed by atoms with Gasteiger partial charge in [0.05, 0.1) is 17.8 Å². The predicted octanol–water partition coefficient (Wildman–Crippen LogP) is 3.50. The molecule has 7 nitrogen and oxygen atoms in total. The van der Waals surface area contributed by atoms with Gasteiger partial charge in [-0.1, -0.05) is 11.6 Å². The van der Waals surface area contributed by atoms with Gasteiger partial charge < -0.3 is 9.64 Å². The minimum atomic E-state index is -4.47. The SMILES string of the molecule is O=C(c1cc2c(cn1)c(Cc1cc(Cl)ccn1)nn2CC(F)(F)F)N1CCCOCC1. The van der Waals surface area contributed by atoms with Crippen LogP contribution >= 0.6 is 11.6 Å². The Hall–Kier alpha value is -2.72. The fourth-order valence-corrected chi connectivity index (χ4v) is 3.68. The highest BCUT2D eigenvalue weighted by Gasteiger charge is 2.30. The number of hydrogen-bond donors (Lipinski definition) is 0. The van der Waals surface area contributed by atoms with Crippen molar-refractivity contribution in [3.8, 4) is 0 Å². The van der Waals surface area contributed by atoms with Crippen LogP contribution in [-0.2, 0) is 17.7 Å². The molecule has 0 atom stereocenters. The summed E-state index contributed by atoms with van der Waals surface area (Å²) in [5.41, 5.74) is 1.21. The van der Waals surface area contributed by atoms with E-state index in [1.54, 1.807) is 17.0 Å². The van der Waals surface area contributed by atoms with E-state index < -0.39 is 12.7 Å². The molecule has 11 heteroatoms. The summed E-state index contributed by atoms with van der Waals surface area (Å²) in [6.07, 6.45) is -0.680. The smallest absolute Gasteiger partial charge is 0.380 e. The van der Waals surface area contributed by atoms with Crippen LogP contribution in [0.4, 0.5) is 13.2 Å². The van der Waals surface area contributed by atoms with Crippen molar-refractivity contribution in [2.24, 2.45) is 0 Å². The van der Waals surface area contributed by atoms with Crippen LogP contribution in [0.5, 0.6) is 0 Å². The Labute approximate surface area is 180 Å². The first kappa shape index (κ1) is 21.5. The van der Waals surface area contributed by atoms with E-state index in [2.05, 4.69) is 15.1 Å². The van der Waals surface area contributed by atoms with E-state index in [0.29, 0.717) is 54.5 Å². The lowest BCUT2D eigenvalue weighted by Gasteiger charge is -2.19. The number of alkyl halides is 3. The molecule has 31 heavy (non-hydrogen) atoms. The van der Waals surface area contributed by atoms with Crippen LogP contribution in [0.1, 0.15) is 28.3 Å². The summed E-state index contributed by atoms with van der Waals surface area (Å²) in [7, 11) is 0. The molecule has 0 aliphatic carbocycles. The van der Waals surface area contributed by atoms with Gasteiger partial charge in [-0.2, -0.15) is 18.3 Å². The Bertz CT molecular complexity index is 1090. The van der Waals surface area contributed by atoms with Crippen molar-refractivity contribution >= 4 is 28.4 Å². The zero-order valence-corrected chi connectivity index (χ0v) is 17.2. The highest BCUT2D eigenvalue weighted by Crippen LogP contribution is 2.26. The minimum Gasteiger partial charge on any atom is -0.380 e. The van der Waals surface area contributed by atoms with E-state index in [9.17, 15) is 18.0 Å². The van der Waals surface area contributed by atoms with Crippen LogP contribution in [0.3, 0.4) is 0 Å². The predicted molar refractivity (Wildman–Crippen MR) is 107 cm³/mol. The lowest BCUT2D eigenvalue weighted by molar-refractivity contribution is -0.141. The number of fused-ring (bicyclic) bond motifs is 1. The largest absolute Gasteiger partial charge is 0.408 e. The average molecular weight is 454 g/mol. The lowest BCUT2D eigenvalue weighted by Crippen LogP contribution is -2.33. The maximum Gasteiger partial charge on any atom is 0.408 e. The summed E-state index contributed by atoms with van der Waals surface area (Å²) in [4.78, 5) is 22.9. The van der Waals surface area contributed by atoms with Gasteiger partial charge in [0.1, 0.15) is 12.2 Å². The third kappa shape index (κ3) is 5.13. The van der Waals surface area contributed by atoms with Gasteiger partial charge in [-0.05, 0) is 24.6 Å². The number of rotatable bonds is 4. The Kier molecular flexibility index (Phi) is 6.10. The van der Waals surface area contributed by atoms with Crippen LogP contribution in [0.2, 0.25) is 5.02 Å². The van der Waals surface area contributed by atoms with Gasteiger partial charge in [0, 0.05) is 54.6 Å². The molecule has 0 radical (unpaired) electrons. The summed E-state index contributed by atoms with van der Waals surface area (Å²) in [6, 6.07) is 4.61. The van der Waals surface area contributed by atoms with Gasteiger partial charge in [-0.15, -0.1) is 0 Å². The molecule has 0 spiro atoms. The molecule has 1 fully saturated rings. The molecule has 164 valence electrons. The molecule has 1 amide bonds. The van der Waals surface area contributed by atoms with E-state index in [-0.39, 0.29) is 23.5 Å². The number of pyridine rings is 2. The minimum absolute atomic E-state index is 0.0742. The normalized spacial score (nSPS) is 15.3. The molecular formula is C20H19ClF3N5O2. The molecule has 1 aliphatic heterocycles. The second-order valence-corrected chi connectivity index (χ2v) is 7.64. The van der Waals surface area contributed by atoms with Crippen molar-refractivity contribution in [2.45, 2.75) is 25.6 Å². The number of carbonyl (C=O) groups excluding carboxylic acids is 1. The second-order valence-electron chi connectivity index (χ2n) is 7.21. The fraction of sp³-hybridized carbons (Fsp3) is 0.400. The highest BCUT2D eigenvalue weighted by atomic mass is 35.5. The summed E-state index contributed by atoms with van der Waals surface area (Å²) < 4.78 is 45.7. The Morgan fingerprint density at radius 3 is 2.81 bits per heavy atom. The maximum absolute atomic E-state index is 13.2. The molecule has 0 bridgehead atoms. The maximum atomic E-state index is 13.2. The zero-order chi connectivity index (χ0) is 22.0. The monoisotopic (exact) mass is 453 g/mol. The molecular weight excluding hydrogens is 435 g/mol. The van der Waals surface area contributed by atoms with Crippen LogP contribution in [0.25, 0.3) is 10.9 Å². The molecule has 4 rings (SSSR count). The van der Waals surface area contributed by atoms with E-state index >= 15 is 0 Å². The third-order valence-corrected chi connectivity index (χ3v) is 5.13. The Morgan fingerprint density at radius 2 is 2.03 bits per heavy atom. The van der Waals surface area contributed by atoms with Crippen molar-refractivity contribution in [3.05, 3.63) is 52.7 Å². The molecule has 4 heterocycles. The van der Waals surface area contributed by atoms with Gasteiger partial charge in [0.15, 0.2) is 0 Å². The number of nitrogens with zero attached hydrogens (tertiary/aromatic N) is 5. The summed E-state index contributed by atoms with van der Waals surface area (Å²) in [5.74, 6) is -0.342. The standard InChI is InChI=1S/C20H19ClF3N5O2/c21-13-2-3-25-14(8-13)9-16-15-11-26-17(19(30)28-4-1-6-31-7-5-28)10-18(15)29(27-16)12-20(22,23)24/h2-3,8,10-11H,1,4-7,9,12H2. The zero-order valence-electron chi connectivity index (χ0n) is 16.4. The Balaban J connectivity index is 1.72. The van der Waals surface area contributed by atoms with E-state index in [0.717, 1.165) is 4.68 Å². The summed E-state index contributed by atoms with van der Waals surface area (Å²) >= 11 is 5.98. The van der Waals surface area contributed by atoms with E-state index in [1.165, 1.54) is 18.5 Å². The highest BCUT2D eigenvalue weighted by molar-refractivity contribution is 6.30. The van der Waals surface area contributed by atoms with Gasteiger partial charge in [0.2, 0.25) is 0 Å².